The molecule has 6 spiro atoms. The molecule has 40 unspecified atom stereocenters. The van der Waals surface area contributed by atoms with Gasteiger partial charge in [-0.05, 0) is 435 Å². The lowest BCUT2D eigenvalue weighted by atomic mass is 9.60. The lowest BCUT2D eigenvalue weighted by molar-refractivity contribution is -0.167. The second-order valence-electron chi connectivity index (χ2n) is 55.7. The van der Waals surface area contributed by atoms with E-state index in [1.807, 2.05) is 111 Å². The van der Waals surface area contributed by atoms with Crippen molar-refractivity contribution in [2.45, 2.75) is 380 Å². The van der Waals surface area contributed by atoms with Gasteiger partial charge in [-0.25, -0.2) is 0 Å². The van der Waals surface area contributed by atoms with Crippen molar-refractivity contribution in [1.82, 2.24) is 0 Å². The first-order valence-electron chi connectivity index (χ1n) is 56.4. The van der Waals surface area contributed by atoms with Crippen molar-refractivity contribution in [3.8, 4) is 0 Å². The fraction of sp³-hybridized carbons (Fsp3) is 0.897. The smallest absolute Gasteiger partial charge is 0.312 e. The van der Waals surface area contributed by atoms with Gasteiger partial charge >= 0.3 is 71.6 Å². The highest BCUT2D eigenvalue weighted by Gasteiger charge is 2.77. The molecule has 140 heavy (non-hydrogen) atoms. The van der Waals surface area contributed by atoms with Crippen LogP contribution in [0.25, 0.3) is 0 Å². The van der Waals surface area contributed by atoms with Crippen LogP contribution in [0, 0.1) is 231 Å². The molecule has 24 nitrogen and oxygen atoms in total. The number of hydrogen-bond acceptors (Lipinski definition) is 24. The van der Waals surface area contributed by atoms with Gasteiger partial charge in [0.1, 0.15) is 36.6 Å². The van der Waals surface area contributed by atoms with Crippen molar-refractivity contribution in [3.05, 3.63) is 0 Å². The lowest BCUT2D eigenvalue weighted by Crippen LogP contribution is -2.46. The van der Waals surface area contributed by atoms with E-state index in [2.05, 4.69) is 13.8 Å². The summed E-state index contributed by atoms with van der Waals surface area (Å²) in [7, 11) is 0. The zero-order valence-electron chi connectivity index (χ0n) is 87.7. The fourth-order valence-corrected chi connectivity index (χ4v) is 37.9. The average Bonchev–Trinajstić information content (AvgIpc) is 1.53. The molecule has 20 aliphatic carbocycles. The normalized spacial score (nSPS) is 46.8. The number of rotatable bonds is 18. The zero-order chi connectivity index (χ0) is 99.3. The zero-order valence-corrected chi connectivity index (χ0v) is 87.7. The summed E-state index contributed by atoms with van der Waals surface area (Å²) in [6, 6.07) is 0. The minimum absolute atomic E-state index is 0.0000652. The van der Waals surface area contributed by atoms with Crippen LogP contribution in [0.2, 0.25) is 0 Å². The van der Waals surface area contributed by atoms with Crippen molar-refractivity contribution < 1.29 is 114 Å². The molecule has 6 heterocycles. The minimum Gasteiger partial charge on any atom is -0.465 e. The summed E-state index contributed by atoms with van der Waals surface area (Å²) in [6.07, 6.45) is 34.1. The Kier molecular flexibility index (Phi) is 25.0. The SMILES string of the molecule is CCC(C)(C)C(=O)OC1CC2CC1C1(COC(=O)C1)C2.CCC(C)(C)C(=O)OC1CC2CC1C1C2C2CC1C1(CCOC1=O)C2.CCC(C)(C)C(=O)OC1CC2CC1C1C2C2CC1C1(COC(=O)C1)C2.CCC(C)(C)C(=O)OC1CC2CC1C1C3CC(C21)C1(CCOC1=O)C3.CCC(C)(C)C(=O)OC1CC2CC1C1C3CC(C21)C1(COC(=O)C1)C3.CCC(C)(C)C(=O)OC1CC2CC1CC21COC(=O)C1. The summed E-state index contributed by atoms with van der Waals surface area (Å²) in [6.45, 7) is 39.5. The van der Waals surface area contributed by atoms with Gasteiger partial charge in [0.25, 0.3) is 0 Å². The third-order valence-electron chi connectivity index (χ3n) is 47.0. The fourth-order valence-electron chi connectivity index (χ4n) is 37.9. The first-order valence-corrected chi connectivity index (χ1v) is 56.4. The van der Waals surface area contributed by atoms with Crippen molar-refractivity contribution in [1.29, 1.82) is 0 Å². The van der Waals surface area contributed by atoms with Gasteiger partial charge in [-0.3, -0.25) is 57.5 Å². The Morgan fingerprint density at radius 2 is 0.557 bits per heavy atom. The van der Waals surface area contributed by atoms with Gasteiger partial charge in [0.2, 0.25) is 0 Å². The highest BCUT2D eigenvalue weighted by atomic mass is 16.6. The molecule has 26 fully saturated rings. The number of fused-ring (bicyclic) bond motifs is 46. The summed E-state index contributed by atoms with van der Waals surface area (Å²) >= 11 is 0. The van der Waals surface area contributed by atoms with E-state index < -0.39 is 16.2 Å². The van der Waals surface area contributed by atoms with E-state index in [0.717, 1.165) is 176 Å². The standard InChI is InChI=1S/4C21H30O4.2C16H24O4/c1-4-20(2,3)19(23)25-15-7-11-5-13(15)17-12-6-14(18(11)17)21(8-12)9-16(22)24-10-21;1-4-20(2,3)19(23)25-15-7-11-5-13(15)18-14-6-12(17(11)18)8-21(14)9-16(22)24-10-21;1-4-20(2,3)18(22)25-15-9-11-7-13(15)16-12-8-14(17(11)16)21(10-12)5-6-24-19(21)23;1-4-20(2,3)18(22)25-15-9-11-7-13(15)17-14-8-12(16(11)17)10-21(14)5-6-24-19(21)23;1-4-15(2,3)14(18)20-12-6-11-5-10(12)7-16(11)8-13(17)19-9-16;1-4-15(2,3)14(18)20-12-6-10-5-11(12)16(7-10)8-13(17)19-9-16/h2*11-15,17-18H,4-10H2,1-3H3;2*11-17H,4-10H2,1-3H3;2*10-12H,4-9H2,1-3H3. The van der Waals surface area contributed by atoms with Crippen LogP contribution in [0.4, 0.5) is 0 Å². The Labute approximate surface area is 831 Å². The van der Waals surface area contributed by atoms with Gasteiger partial charge in [0.05, 0.1) is 109 Å². The topological polar surface area (TPSA) is 316 Å². The van der Waals surface area contributed by atoms with Crippen LogP contribution in [-0.4, -0.2) is 148 Å². The third-order valence-corrected chi connectivity index (χ3v) is 47.0. The summed E-state index contributed by atoms with van der Waals surface area (Å²) < 4.78 is 67.7. The van der Waals surface area contributed by atoms with Crippen molar-refractivity contribution in [2.75, 3.05) is 39.6 Å². The second kappa shape index (κ2) is 35.2. The van der Waals surface area contributed by atoms with Crippen LogP contribution in [0.15, 0.2) is 0 Å². The second-order valence-corrected chi connectivity index (χ2v) is 55.7. The largest absolute Gasteiger partial charge is 0.465 e. The lowest BCUT2D eigenvalue weighted by Gasteiger charge is -2.45. The molecular formula is C116H168O24. The molecule has 40 atom stereocenters. The van der Waals surface area contributed by atoms with E-state index in [1.165, 1.54) is 57.8 Å². The maximum atomic E-state index is 12.6. The Bertz CT molecular complexity index is 4920. The van der Waals surface area contributed by atoms with Crippen LogP contribution in [0.1, 0.15) is 343 Å². The molecule has 0 aromatic carbocycles. The predicted molar refractivity (Wildman–Crippen MR) is 511 cm³/mol. The third kappa shape index (κ3) is 15.9. The molecule has 776 valence electrons. The summed E-state index contributed by atoms with van der Waals surface area (Å²) in [5, 5.41) is 0. The Hall–Kier alpha value is -6.36. The van der Waals surface area contributed by atoms with Crippen LogP contribution < -0.4 is 0 Å². The van der Waals surface area contributed by atoms with Gasteiger partial charge in [-0.15, -0.1) is 0 Å². The van der Waals surface area contributed by atoms with Crippen LogP contribution >= 0.6 is 0 Å². The van der Waals surface area contributed by atoms with Gasteiger partial charge in [0, 0.05) is 27.6 Å². The van der Waals surface area contributed by atoms with E-state index in [9.17, 15) is 57.5 Å². The molecule has 6 aliphatic heterocycles. The molecule has 0 aromatic rings. The molecule has 26 rings (SSSR count). The highest BCUT2D eigenvalue weighted by molar-refractivity contribution is 5.83. The Balaban J connectivity index is 0.000000100. The molecule has 20 saturated carbocycles. The van der Waals surface area contributed by atoms with E-state index in [4.69, 9.17) is 56.8 Å². The molecule has 0 aromatic heterocycles. The van der Waals surface area contributed by atoms with Gasteiger partial charge < -0.3 is 56.8 Å². The molecule has 24 heteroatoms. The van der Waals surface area contributed by atoms with Gasteiger partial charge in [-0.2, -0.15) is 0 Å². The van der Waals surface area contributed by atoms with E-state index >= 15 is 0 Å². The maximum Gasteiger partial charge on any atom is 0.312 e. The quantitative estimate of drug-likeness (QED) is 0.0699. The first-order chi connectivity index (χ1) is 66.2. The number of ether oxygens (including phenoxy) is 12. The van der Waals surface area contributed by atoms with Crippen molar-refractivity contribution >= 4 is 71.6 Å². The summed E-state index contributed by atoms with van der Waals surface area (Å²) in [5.41, 5.74) is -2.39. The summed E-state index contributed by atoms with van der Waals surface area (Å²) in [5.74, 6) is 17.3. The number of carbonyl (C=O) groups excluding carboxylic acids is 12. The molecule has 26 aliphatic rings. The summed E-state index contributed by atoms with van der Waals surface area (Å²) in [4.78, 5) is 146. The van der Waals surface area contributed by atoms with Gasteiger partial charge in [0.15, 0.2) is 0 Å². The van der Waals surface area contributed by atoms with Crippen LogP contribution in [-0.2, 0) is 114 Å². The predicted octanol–water partition coefficient (Wildman–Crippen LogP) is 19.7. The number of hydrogen-bond donors (Lipinski definition) is 0. The van der Waals surface area contributed by atoms with Crippen molar-refractivity contribution in [3.63, 3.8) is 0 Å². The molecule has 6 saturated heterocycles. The highest BCUT2D eigenvalue weighted by Crippen LogP contribution is 2.79. The molecule has 0 radical (unpaired) electrons. The molecule has 20 bridgehead atoms. The number of cyclic esters (lactones) is 6. The molecule has 0 amide bonds. The monoisotopic (exact) mass is 1950 g/mol. The van der Waals surface area contributed by atoms with Gasteiger partial charge in [-0.1, -0.05) is 41.5 Å². The number of carbonyl (C=O) groups is 12. The minimum atomic E-state index is -0.420. The van der Waals surface area contributed by atoms with Crippen LogP contribution in [0.3, 0.4) is 0 Å². The van der Waals surface area contributed by atoms with E-state index in [-0.39, 0.29) is 157 Å². The van der Waals surface area contributed by atoms with Crippen molar-refractivity contribution in [2.24, 2.45) is 231 Å². The molecule has 0 N–H and O–H groups in total. The van der Waals surface area contributed by atoms with E-state index in [1.54, 1.807) is 0 Å². The molecular weight excluding hydrogens is 1780 g/mol. The van der Waals surface area contributed by atoms with E-state index in [0.29, 0.717) is 190 Å². The number of esters is 12. The van der Waals surface area contributed by atoms with Crippen LogP contribution in [0.5, 0.6) is 0 Å². The Morgan fingerprint density at radius 3 is 0.900 bits per heavy atom. The first kappa shape index (κ1) is 99.6. The average molecular weight is 1950 g/mol. The Morgan fingerprint density at radius 1 is 0.264 bits per heavy atom. The maximum absolute atomic E-state index is 12.6.